The van der Waals surface area contributed by atoms with Gasteiger partial charge in [-0.15, -0.1) is 0 Å². The summed E-state index contributed by atoms with van der Waals surface area (Å²) >= 11 is 0. The Morgan fingerprint density at radius 2 is 2.05 bits per heavy atom. The number of amides is 2. The highest BCUT2D eigenvalue weighted by Gasteiger charge is 2.26. The summed E-state index contributed by atoms with van der Waals surface area (Å²) in [5.41, 5.74) is 0. The molecule has 2 amide bonds. The van der Waals surface area contributed by atoms with Crippen molar-refractivity contribution >= 4 is 16.1 Å². The molecule has 124 valence electrons. The molecule has 1 atom stereocenters. The average Bonchev–Trinajstić information content (AvgIpc) is 2.38. The van der Waals surface area contributed by atoms with Crippen molar-refractivity contribution in [1.82, 2.24) is 14.5 Å². The summed E-state index contributed by atoms with van der Waals surface area (Å²) in [6.45, 7) is 1.19. The lowest BCUT2D eigenvalue weighted by molar-refractivity contribution is 0.0485. The second-order valence-electron chi connectivity index (χ2n) is 5.38. The molecule has 1 aliphatic rings. The summed E-state index contributed by atoms with van der Waals surface area (Å²) in [5, 5.41) is 12.4. The van der Waals surface area contributed by atoms with Crippen LogP contribution in [-0.2, 0) is 14.8 Å². The molecule has 21 heavy (non-hydrogen) atoms. The Morgan fingerprint density at radius 1 is 1.48 bits per heavy atom. The monoisotopic (exact) mass is 323 g/mol. The van der Waals surface area contributed by atoms with E-state index in [0.29, 0.717) is 25.9 Å². The number of piperidine rings is 1. The molecule has 0 aromatic heterocycles. The molecule has 1 rings (SSSR count). The van der Waals surface area contributed by atoms with Crippen molar-refractivity contribution < 1.29 is 23.1 Å². The van der Waals surface area contributed by atoms with Gasteiger partial charge in [0.05, 0.1) is 25.5 Å². The van der Waals surface area contributed by atoms with E-state index >= 15 is 0 Å². The minimum absolute atomic E-state index is 0.0440. The van der Waals surface area contributed by atoms with Gasteiger partial charge in [0.2, 0.25) is 10.0 Å². The first kappa shape index (κ1) is 18.1. The fraction of sp³-hybridized carbons (Fsp3) is 0.917. The maximum atomic E-state index is 12.0. The van der Waals surface area contributed by atoms with Gasteiger partial charge < -0.3 is 20.1 Å². The molecule has 0 aliphatic carbocycles. The Labute approximate surface area is 126 Å². The number of sulfonamides is 1. The van der Waals surface area contributed by atoms with Crippen molar-refractivity contribution in [2.45, 2.75) is 25.0 Å². The van der Waals surface area contributed by atoms with Gasteiger partial charge in [0.25, 0.3) is 0 Å². The zero-order valence-electron chi connectivity index (χ0n) is 12.8. The maximum absolute atomic E-state index is 12.0. The molecular weight excluding hydrogens is 298 g/mol. The van der Waals surface area contributed by atoms with E-state index in [9.17, 15) is 18.3 Å². The van der Waals surface area contributed by atoms with E-state index in [1.165, 1.54) is 22.6 Å². The number of hydrogen-bond donors (Lipinski definition) is 2. The van der Waals surface area contributed by atoms with E-state index in [1.807, 2.05) is 0 Å². The smallest absolute Gasteiger partial charge is 0.317 e. The molecule has 1 aliphatic heterocycles. The number of nitrogens with zero attached hydrogens (tertiary/aromatic N) is 2. The van der Waals surface area contributed by atoms with Crippen molar-refractivity contribution in [3.8, 4) is 0 Å². The van der Waals surface area contributed by atoms with Gasteiger partial charge in [-0.05, 0) is 12.8 Å². The van der Waals surface area contributed by atoms with E-state index in [1.54, 1.807) is 7.05 Å². The molecule has 0 spiro atoms. The largest absolute Gasteiger partial charge is 0.389 e. The normalized spacial score (nSPS) is 19.2. The van der Waals surface area contributed by atoms with Crippen LogP contribution in [-0.4, -0.2) is 87.6 Å². The van der Waals surface area contributed by atoms with Crippen LogP contribution < -0.4 is 5.32 Å². The number of likely N-dealkylation sites (N-methyl/N-ethyl adjacent to an activating group) is 1. The molecule has 1 saturated heterocycles. The van der Waals surface area contributed by atoms with Crippen LogP contribution in [0.15, 0.2) is 0 Å². The number of rotatable bonds is 6. The van der Waals surface area contributed by atoms with Crippen LogP contribution in [0.2, 0.25) is 0 Å². The van der Waals surface area contributed by atoms with E-state index in [0.717, 1.165) is 0 Å². The molecule has 0 radical (unpaired) electrons. The molecule has 0 saturated carbocycles. The van der Waals surface area contributed by atoms with Gasteiger partial charge in [-0.3, -0.25) is 0 Å². The van der Waals surface area contributed by atoms with Gasteiger partial charge in [0.15, 0.2) is 0 Å². The van der Waals surface area contributed by atoms with E-state index < -0.39 is 16.1 Å². The minimum atomic E-state index is -3.15. The standard InChI is InChI=1S/C12H25N3O5S/c1-14(8-11(16)9-20-2)12(17)13-10-4-6-15(7-5-10)21(3,18)19/h10-11,16H,4-9H2,1-3H3,(H,13,17). The zero-order valence-corrected chi connectivity index (χ0v) is 13.6. The lowest BCUT2D eigenvalue weighted by Gasteiger charge is -2.32. The average molecular weight is 323 g/mol. The topological polar surface area (TPSA) is 99.2 Å². The molecule has 1 unspecified atom stereocenters. The number of carbonyl (C=O) groups excluding carboxylic acids is 1. The summed E-state index contributed by atoms with van der Waals surface area (Å²) in [6, 6.07) is -0.319. The molecule has 0 aromatic rings. The Bertz CT molecular complexity index is 434. The molecule has 0 bridgehead atoms. The number of nitrogens with one attached hydrogen (secondary N) is 1. The van der Waals surface area contributed by atoms with E-state index in [-0.39, 0.29) is 25.2 Å². The summed E-state index contributed by atoms with van der Waals surface area (Å²) in [4.78, 5) is 13.4. The van der Waals surface area contributed by atoms with Gasteiger partial charge in [0.1, 0.15) is 0 Å². The Balaban J connectivity index is 2.36. The highest BCUT2D eigenvalue weighted by molar-refractivity contribution is 7.88. The molecule has 1 heterocycles. The molecular formula is C12H25N3O5S. The fourth-order valence-electron chi connectivity index (χ4n) is 2.26. The first-order valence-corrected chi connectivity index (χ1v) is 8.72. The van der Waals surface area contributed by atoms with Crippen LogP contribution in [0.1, 0.15) is 12.8 Å². The van der Waals surface area contributed by atoms with Crippen molar-refractivity contribution in [1.29, 1.82) is 0 Å². The molecule has 0 aromatic carbocycles. The Morgan fingerprint density at radius 3 is 2.52 bits per heavy atom. The van der Waals surface area contributed by atoms with Gasteiger partial charge in [-0.2, -0.15) is 0 Å². The first-order valence-electron chi connectivity index (χ1n) is 6.87. The summed E-state index contributed by atoms with van der Waals surface area (Å²) in [7, 11) is -0.0710. The number of methoxy groups -OCH3 is 1. The lowest BCUT2D eigenvalue weighted by atomic mass is 10.1. The number of aliphatic hydroxyl groups is 1. The number of hydrogen-bond acceptors (Lipinski definition) is 5. The predicted molar refractivity (Wildman–Crippen MR) is 78.5 cm³/mol. The van der Waals surface area contributed by atoms with Crippen LogP contribution in [0.5, 0.6) is 0 Å². The summed E-state index contributed by atoms with van der Waals surface area (Å²) < 4.78 is 29.0. The van der Waals surface area contributed by atoms with Crippen LogP contribution in [0.3, 0.4) is 0 Å². The third kappa shape index (κ3) is 6.16. The van der Waals surface area contributed by atoms with Crippen LogP contribution in [0.25, 0.3) is 0 Å². The summed E-state index contributed by atoms with van der Waals surface area (Å²) in [5.74, 6) is 0. The van der Waals surface area contributed by atoms with Crippen LogP contribution in [0.4, 0.5) is 4.79 Å². The van der Waals surface area contributed by atoms with Crippen molar-refractivity contribution in [3.05, 3.63) is 0 Å². The van der Waals surface area contributed by atoms with Crippen molar-refractivity contribution in [3.63, 3.8) is 0 Å². The fourth-order valence-corrected chi connectivity index (χ4v) is 3.13. The number of urea groups is 1. The highest BCUT2D eigenvalue weighted by Crippen LogP contribution is 2.13. The SMILES string of the molecule is COCC(O)CN(C)C(=O)NC1CCN(S(C)(=O)=O)CC1. The van der Waals surface area contributed by atoms with Crippen molar-refractivity contribution in [2.24, 2.45) is 0 Å². The summed E-state index contributed by atoms with van der Waals surface area (Å²) in [6.07, 6.45) is 1.65. The number of ether oxygens (including phenoxy) is 1. The molecule has 8 nitrogen and oxygen atoms in total. The lowest BCUT2D eigenvalue weighted by Crippen LogP contribution is -2.50. The molecule has 2 N–H and O–H groups in total. The van der Waals surface area contributed by atoms with Gasteiger partial charge in [0, 0.05) is 33.3 Å². The van der Waals surface area contributed by atoms with E-state index in [4.69, 9.17) is 4.74 Å². The Hall–Kier alpha value is -0.900. The zero-order chi connectivity index (χ0) is 16.0. The van der Waals surface area contributed by atoms with Gasteiger partial charge in [-0.25, -0.2) is 17.5 Å². The first-order chi connectivity index (χ1) is 9.74. The molecule has 9 heteroatoms. The van der Waals surface area contributed by atoms with Crippen molar-refractivity contribution in [2.75, 3.05) is 46.7 Å². The Kier molecular flexibility index (Phi) is 6.85. The van der Waals surface area contributed by atoms with Gasteiger partial charge in [-0.1, -0.05) is 0 Å². The van der Waals surface area contributed by atoms with Gasteiger partial charge >= 0.3 is 6.03 Å². The third-order valence-corrected chi connectivity index (χ3v) is 4.74. The second kappa shape index (κ2) is 7.92. The predicted octanol–water partition coefficient (Wildman–Crippen LogP) is -0.941. The highest BCUT2D eigenvalue weighted by atomic mass is 32.2. The number of carbonyl (C=O) groups is 1. The minimum Gasteiger partial charge on any atom is -0.389 e. The quantitative estimate of drug-likeness (QED) is 0.657. The second-order valence-corrected chi connectivity index (χ2v) is 7.36. The van der Waals surface area contributed by atoms with E-state index in [2.05, 4.69) is 5.32 Å². The number of aliphatic hydroxyl groups excluding tert-OH is 1. The third-order valence-electron chi connectivity index (χ3n) is 3.44. The van der Waals surface area contributed by atoms with Crippen LogP contribution >= 0.6 is 0 Å². The molecule has 1 fully saturated rings. The maximum Gasteiger partial charge on any atom is 0.317 e. The van der Waals surface area contributed by atoms with Crippen LogP contribution in [0, 0.1) is 0 Å².